The molecule has 2 N–H and O–H groups in total. The van der Waals surface area contributed by atoms with Crippen molar-refractivity contribution in [1.29, 1.82) is 0 Å². The number of aliphatic imine (C=N–C) groups is 1. The minimum Gasteiger partial charge on any atom is -0.496 e. The monoisotopic (exact) mass is 384 g/mol. The molecule has 0 heterocycles. The third kappa shape index (κ3) is 6.90. The van der Waals surface area contributed by atoms with Gasteiger partial charge in [0.2, 0.25) is 5.91 Å². The molecule has 0 fully saturated rings. The number of ether oxygens (including phenoxy) is 1. The Morgan fingerprint density at radius 1 is 1.35 bits per heavy atom. The van der Waals surface area contributed by atoms with Crippen molar-refractivity contribution < 1.29 is 9.53 Å². The first-order valence-electron chi connectivity index (χ1n) is 7.52. The van der Waals surface area contributed by atoms with Crippen LogP contribution in [-0.2, 0) is 11.3 Å². The second-order valence-corrected chi connectivity index (χ2v) is 6.11. The van der Waals surface area contributed by atoms with Gasteiger partial charge in [0.15, 0.2) is 5.96 Å². The van der Waals surface area contributed by atoms with Gasteiger partial charge in [0.05, 0.1) is 20.2 Å². The molecule has 0 bridgehead atoms. The molecule has 0 saturated carbocycles. The Hall–Kier alpha value is -1.76. The number of nitrogens with zero attached hydrogens (tertiary/aromatic N) is 2. The predicted molar refractivity (Wildman–Crippen MR) is 96.8 cm³/mol. The van der Waals surface area contributed by atoms with Gasteiger partial charge in [-0.05, 0) is 24.6 Å². The Kier molecular flexibility index (Phi) is 8.47. The highest BCUT2D eigenvalue weighted by atomic mass is 79.9. The van der Waals surface area contributed by atoms with Crippen molar-refractivity contribution >= 4 is 27.8 Å². The normalized spacial score (nSPS) is 11.1. The molecule has 0 aliphatic heterocycles. The quantitative estimate of drug-likeness (QED) is 0.557. The third-order valence-corrected chi connectivity index (χ3v) is 3.59. The molecule has 1 aromatic carbocycles. The van der Waals surface area contributed by atoms with Gasteiger partial charge in [-0.25, -0.2) is 4.99 Å². The lowest BCUT2D eigenvalue weighted by Crippen LogP contribution is -2.43. The number of guanidine groups is 1. The second kappa shape index (κ2) is 10.1. The molecule has 0 aromatic heterocycles. The smallest absolute Gasteiger partial charge is 0.241 e. The lowest BCUT2D eigenvalue weighted by atomic mass is 10.2. The molecular formula is C16H25BrN4O2. The molecule has 0 aliphatic carbocycles. The third-order valence-electron chi connectivity index (χ3n) is 3.10. The predicted octanol–water partition coefficient (Wildman–Crippen LogP) is 1.99. The number of rotatable bonds is 7. The minimum absolute atomic E-state index is 0.00367. The van der Waals surface area contributed by atoms with Crippen LogP contribution in [0.5, 0.6) is 5.75 Å². The van der Waals surface area contributed by atoms with Crippen LogP contribution in [0.1, 0.15) is 18.9 Å². The van der Waals surface area contributed by atoms with E-state index in [4.69, 9.17) is 4.74 Å². The Morgan fingerprint density at radius 3 is 2.70 bits per heavy atom. The topological polar surface area (TPSA) is 66.0 Å². The lowest BCUT2D eigenvalue weighted by molar-refractivity contribution is -0.127. The van der Waals surface area contributed by atoms with Crippen molar-refractivity contribution in [1.82, 2.24) is 15.5 Å². The van der Waals surface area contributed by atoms with Crippen LogP contribution in [0.4, 0.5) is 0 Å². The van der Waals surface area contributed by atoms with Crippen molar-refractivity contribution in [3.63, 3.8) is 0 Å². The number of halogens is 1. The molecule has 0 spiro atoms. The molecule has 1 aromatic rings. The molecule has 1 amide bonds. The van der Waals surface area contributed by atoms with Gasteiger partial charge < -0.3 is 20.3 Å². The number of methoxy groups -OCH3 is 1. The summed E-state index contributed by atoms with van der Waals surface area (Å²) in [5.41, 5.74) is 0.971. The van der Waals surface area contributed by atoms with Crippen LogP contribution in [0.15, 0.2) is 27.7 Å². The Morgan fingerprint density at radius 2 is 2.09 bits per heavy atom. The maximum Gasteiger partial charge on any atom is 0.241 e. The van der Waals surface area contributed by atoms with E-state index in [-0.39, 0.29) is 12.5 Å². The molecule has 0 radical (unpaired) electrons. The highest BCUT2D eigenvalue weighted by Gasteiger charge is 2.07. The van der Waals surface area contributed by atoms with Crippen LogP contribution >= 0.6 is 15.9 Å². The van der Waals surface area contributed by atoms with Crippen LogP contribution in [0, 0.1) is 0 Å². The number of benzene rings is 1. The largest absolute Gasteiger partial charge is 0.496 e. The lowest BCUT2D eigenvalue weighted by Gasteiger charge is -2.15. The van der Waals surface area contributed by atoms with E-state index in [0.717, 1.165) is 28.8 Å². The van der Waals surface area contributed by atoms with Crippen LogP contribution in [0.2, 0.25) is 0 Å². The molecule has 0 aliphatic rings. The Balaban J connectivity index is 2.79. The summed E-state index contributed by atoms with van der Waals surface area (Å²) in [6.07, 6.45) is 0.975. The SMILES string of the molecule is CCCNC(=NCc1cc(Br)ccc1OC)NCC(=O)N(C)C. The molecule has 128 valence electrons. The summed E-state index contributed by atoms with van der Waals surface area (Å²) in [6.45, 7) is 3.53. The molecule has 0 saturated heterocycles. The number of hydrogen-bond donors (Lipinski definition) is 2. The van der Waals surface area contributed by atoms with E-state index in [1.165, 1.54) is 0 Å². The van der Waals surface area contributed by atoms with E-state index in [1.54, 1.807) is 26.1 Å². The van der Waals surface area contributed by atoms with E-state index in [9.17, 15) is 4.79 Å². The maximum absolute atomic E-state index is 11.7. The van der Waals surface area contributed by atoms with Crippen LogP contribution in [0.3, 0.4) is 0 Å². The number of carbonyl (C=O) groups is 1. The van der Waals surface area contributed by atoms with Crippen LogP contribution < -0.4 is 15.4 Å². The van der Waals surface area contributed by atoms with E-state index in [0.29, 0.717) is 12.5 Å². The summed E-state index contributed by atoms with van der Waals surface area (Å²) in [6, 6.07) is 5.80. The molecule has 0 unspecified atom stereocenters. The van der Waals surface area contributed by atoms with Crippen molar-refractivity contribution in [2.45, 2.75) is 19.9 Å². The highest BCUT2D eigenvalue weighted by Crippen LogP contribution is 2.23. The van der Waals surface area contributed by atoms with Crippen molar-refractivity contribution in [3.8, 4) is 5.75 Å². The number of nitrogens with one attached hydrogen (secondary N) is 2. The van der Waals surface area contributed by atoms with Gasteiger partial charge in [0, 0.05) is 30.7 Å². The number of hydrogen-bond acceptors (Lipinski definition) is 3. The average Bonchev–Trinajstić information content (AvgIpc) is 2.53. The zero-order chi connectivity index (χ0) is 17.2. The minimum atomic E-state index is -0.00367. The van der Waals surface area contributed by atoms with Gasteiger partial charge >= 0.3 is 0 Å². The van der Waals surface area contributed by atoms with E-state index < -0.39 is 0 Å². The van der Waals surface area contributed by atoms with Crippen molar-refractivity contribution in [2.24, 2.45) is 4.99 Å². The molecule has 0 atom stereocenters. The number of carbonyl (C=O) groups excluding carboxylic acids is 1. The van der Waals surface area contributed by atoms with Gasteiger partial charge in [0.1, 0.15) is 5.75 Å². The molecule has 6 nitrogen and oxygen atoms in total. The van der Waals surface area contributed by atoms with Gasteiger partial charge in [-0.15, -0.1) is 0 Å². The van der Waals surface area contributed by atoms with Gasteiger partial charge in [0.25, 0.3) is 0 Å². The summed E-state index contributed by atoms with van der Waals surface area (Å²) in [7, 11) is 5.10. The molecule has 23 heavy (non-hydrogen) atoms. The Labute approximate surface area is 146 Å². The Bertz CT molecular complexity index is 547. The first-order valence-corrected chi connectivity index (χ1v) is 8.32. The summed E-state index contributed by atoms with van der Waals surface area (Å²) >= 11 is 3.45. The summed E-state index contributed by atoms with van der Waals surface area (Å²) in [5, 5.41) is 6.25. The fourth-order valence-electron chi connectivity index (χ4n) is 1.77. The summed E-state index contributed by atoms with van der Waals surface area (Å²) < 4.78 is 6.33. The average molecular weight is 385 g/mol. The van der Waals surface area contributed by atoms with E-state index in [2.05, 4.69) is 38.5 Å². The van der Waals surface area contributed by atoms with Gasteiger partial charge in [-0.2, -0.15) is 0 Å². The van der Waals surface area contributed by atoms with Crippen LogP contribution in [-0.4, -0.2) is 51.1 Å². The highest BCUT2D eigenvalue weighted by molar-refractivity contribution is 9.10. The van der Waals surface area contributed by atoms with E-state index >= 15 is 0 Å². The van der Waals surface area contributed by atoms with Crippen molar-refractivity contribution in [2.75, 3.05) is 34.3 Å². The zero-order valence-corrected chi connectivity index (χ0v) is 15.7. The van der Waals surface area contributed by atoms with Crippen LogP contribution in [0.25, 0.3) is 0 Å². The maximum atomic E-state index is 11.7. The zero-order valence-electron chi connectivity index (χ0n) is 14.1. The first-order chi connectivity index (χ1) is 11.0. The second-order valence-electron chi connectivity index (χ2n) is 5.19. The standard InChI is InChI=1S/C16H25BrN4O2/c1-5-8-18-16(20-11-15(22)21(2)3)19-10-12-9-13(17)6-7-14(12)23-4/h6-7,9H,5,8,10-11H2,1-4H3,(H2,18,19,20). The van der Waals surface area contributed by atoms with E-state index in [1.807, 2.05) is 18.2 Å². The molecule has 7 heteroatoms. The van der Waals surface area contributed by atoms with Gasteiger partial charge in [-0.3, -0.25) is 4.79 Å². The fourth-order valence-corrected chi connectivity index (χ4v) is 2.18. The van der Waals surface area contributed by atoms with Crippen molar-refractivity contribution in [3.05, 3.63) is 28.2 Å². The fraction of sp³-hybridized carbons (Fsp3) is 0.500. The van der Waals surface area contributed by atoms with Gasteiger partial charge in [-0.1, -0.05) is 22.9 Å². The summed E-state index contributed by atoms with van der Waals surface area (Å²) in [4.78, 5) is 17.8. The molecular weight excluding hydrogens is 360 g/mol. The number of likely N-dealkylation sites (N-methyl/N-ethyl adjacent to an activating group) is 1. The number of amides is 1. The molecule has 1 rings (SSSR count). The first kappa shape index (κ1) is 19.3. The summed E-state index contributed by atoms with van der Waals surface area (Å²) in [5.74, 6) is 1.40.